The normalized spacial score (nSPS) is 15.9. The van der Waals surface area contributed by atoms with Crippen LogP contribution >= 0.6 is 12.4 Å². The monoisotopic (exact) mass is 552 g/mol. The Balaban J connectivity index is 0.00000353. The van der Waals surface area contributed by atoms with Crippen molar-refractivity contribution in [2.24, 2.45) is 5.73 Å². The van der Waals surface area contributed by atoms with E-state index in [1.807, 2.05) is 43.3 Å². The van der Waals surface area contributed by atoms with Gasteiger partial charge in [0.25, 0.3) is 0 Å². The molecule has 2 saturated heterocycles. The molecule has 2 aliphatic heterocycles. The number of carbonyl (C=O) groups is 1. The number of aromatic nitrogens is 2. The molecule has 1 aromatic heterocycles. The Bertz CT molecular complexity index is 1240. The van der Waals surface area contributed by atoms with Crippen molar-refractivity contribution < 1.29 is 14.3 Å². The first-order chi connectivity index (χ1) is 18.6. The SMILES string of the molecule is CCOc1c(CN2CCCCC2)nc(-c2ccc(-c3cccc(NC(N)=O)c3)cc2)nc1N1CCOCC1.Cl. The van der Waals surface area contributed by atoms with Gasteiger partial charge in [0, 0.05) is 30.9 Å². The van der Waals surface area contributed by atoms with Gasteiger partial charge in [-0.1, -0.05) is 42.8 Å². The Hall–Kier alpha value is -3.40. The maximum absolute atomic E-state index is 11.3. The second-order valence-corrected chi connectivity index (χ2v) is 9.66. The molecule has 9 nitrogen and oxygen atoms in total. The van der Waals surface area contributed by atoms with Crippen LogP contribution in [0.25, 0.3) is 22.5 Å². The van der Waals surface area contributed by atoms with E-state index in [2.05, 4.69) is 27.2 Å². The van der Waals surface area contributed by atoms with Crippen molar-refractivity contribution in [3.8, 4) is 28.3 Å². The van der Waals surface area contributed by atoms with Crippen LogP contribution in [0.1, 0.15) is 31.9 Å². The highest BCUT2D eigenvalue weighted by Crippen LogP contribution is 2.34. The molecule has 2 aromatic carbocycles. The zero-order valence-electron chi connectivity index (χ0n) is 22.4. The molecule has 0 bridgehead atoms. The molecule has 208 valence electrons. The highest BCUT2D eigenvalue weighted by Gasteiger charge is 2.25. The summed E-state index contributed by atoms with van der Waals surface area (Å²) in [7, 11) is 0. The summed E-state index contributed by atoms with van der Waals surface area (Å²) in [5, 5.41) is 2.63. The standard InChI is InChI=1S/C29H36N6O3.ClH/c1-2-38-26-25(20-34-13-4-3-5-14-34)32-27(33-28(26)35-15-17-37-18-16-35)22-11-9-21(10-12-22)23-7-6-8-24(19-23)31-29(30)36;/h6-12,19H,2-5,13-18,20H2,1H3,(H3,30,31,36);1H. The number of anilines is 2. The minimum Gasteiger partial charge on any atom is -0.488 e. The van der Waals surface area contributed by atoms with Gasteiger partial charge >= 0.3 is 6.03 Å². The second kappa shape index (κ2) is 13.6. The largest absolute Gasteiger partial charge is 0.488 e. The minimum atomic E-state index is -0.582. The third-order valence-corrected chi connectivity index (χ3v) is 6.95. The van der Waals surface area contributed by atoms with Gasteiger partial charge in [-0.15, -0.1) is 12.4 Å². The number of rotatable bonds is 8. The highest BCUT2D eigenvalue weighted by molar-refractivity contribution is 5.88. The molecule has 39 heavy (non-hydrogen) atoms. The highest BCUT2D eigenvalue weighted by atomic mass is 35.5. The van der Waals surface area contributed by atoms with Crippen molar-refractivity contribution in [1.82, 2.24) is 14.9 Å². The zero-order chi connectivity index (χ0) is 26.3. The number of halogens is 1. The van der Waals surface area contributed by atoms with Gasteiger partial charge in [0.2, 0.25) is 0 Å². The van der Waals surface area contributed by atoms with Gasteiger partial charge in [-0.05, 0) is 56.1 Å². The number of morpholine rings is 1. The molecule has 3 heterocycles. The molecular formula is C29H37ClN6O3. The first kappa shape index (κ1) is 28.6. The van der Waals surface area contributed by atoms with E-state index in [9.17, 15) is 4.79 Å². The topological polar surface area (TPSA) is 106 Å². The first-order valence-electron chi connectivity index (χ1n) is 13.5. The van der Waals surface area contributed by atoms with E-state index in [1.54, 1.807) is 0 Å². The smallest absolute Gasteiger partial charge is 0.316 e. The molecule has 2 fully saturated rings. The fraction of sp³-hybridized carbons (Fsp3) is 0.414. The summed E-state index contributed by atoms with van der Waals surface area (Å²) in [5.74, 6) is 2.33. The van der Waals surface area contributed by atoms with E-state index < -0.39 is 6.03 Å². The van der Waals surface area contributed by atoms with Gasteiger partial charge in [0.1, 0.15) is 5.69 Å². The van der Waals surface area contributed by atoms with Crippen LogP contribution in [-0.4, -0.2) is 66.9 Å². The summed E-state index contributed by atoms with van der Waals surface area (Å²) in [5.41, 5.74) is 9.82. The number of likely N-dealkylation sites (tertiary alicyclic amines) is 1. The van der Waals surface area contributed by atoms with Crippen LogP contribution in [0.4, 0.5) is 16.3 Å². The lowest BCUT2D eigenvalue weighted by Gasteiger charge is -2.31. The zero-order valence-corrected chi connectivity index (χ0v) is 23.2. The van der Waals surface area contributed by atoms with E-state index in [1.165, 1.54) is 19.3 Å². The number of hydrogen-bond donors (Lipinski definition) is 2. The van der Waals surface area contributed by atoms with Crippen LogP contribution in [0, 0.1) is 0 Å². The van der Waals surface area contributed by atoms with E-state index >= 15 is 0 Å². The van der Waals surface area contributed by atoms with Crippen molar-refractivity contribution in [3.05, 3.63) is 54.2 Å². The van der Waals surface area contributed by atoms with E-state index in [0.717, 1.165) is 66.7 Å². The Morgan fingerprint density at radius 3 is 2.38 bits per heavy atom. The van der Waals surface area contributed by atoms with Crippen molar-refractivity contribution in [1.29, 1.82) is 0 Å². The predicted molar refractivity (Wildman–Crippen MR) is 157 cm³/mol. The van der Waals surface area contributed by atoms with E-state index in [-0.39, 0.29) is 12.4 Å². The fourth-order valence-electron chi connectivity index (χ4n) is 5.06. The summed E-state index contributed by atoms with van der Waals surface area (Å²) in [6.45, 7) is 8.37. The molecule has 10 heteroatoms. The lowest BCUT2D eigenvalue weighted by molar-refractivity contribution is 0.122. The summed E-state index contributed by atoms with van der Waals surface area (Å²) < 4.78 is 11.8. The molecule has 0 unspecified atom stereocenters. The number of ether oxygens (including phenoxy) is 2. The molecule has 0 aliphatic carbocycles. The lowest BCUT2D eigenvalue weighted by Crippen LogP contribution is -2.37. The van der Waals surface area contributed by atoms with Crippen molar-refractivity contribution >= 4 is 29.9 Å². The Morgan fingerprint density at radius 2 is 1.69 bits per heavy atom. The molecule has 0 atom stereocenters. The molecule has 0 radical (unpaired) electrons. The maximum atomic E-state index is 11.3. The number of amides is 2. The number of nitrogens with two attached hydrogens (primary N) is 1. The Labute approximate surface area is 236 Å². The molecule has 3 aromatic rings. The number of benzene rings is 2. The fourth-order valence-corrected chi connectivity index (χ4v) is 5.06. The van der Waals surface area contributed by atoms with Gasteiger partial charge in [-0.3, -0.25) is 4.90 Å². The van der Waals surface area contributed by atoms with Crippen molar-refractivity contribution in [2.75, 3.05) is 56.2 Å². The number of nitrogens with one attached hydrogen (secondary N) is 1. The van der Waals surface area contributed by atoms with Gasteiger partial charge in [-0.25, -0.2) is 14.8 Å². The van der Waals surface area contributed by atoms with Gasteiger partial charge in [0.05, 0.1) is 19.8 Å². The maximum Gasteiger partial charge on any atom is 0.316 e. The first-order valence-corrected chi connectivity index (χ1v) is 13.5. The molecule has 5 rings (SSSR count). The Morgan fingerprint density at radius 1 is 0.974 bits per heavy atom. The number of urea groups is 1. The van der Waals surface area contributed by atoms with E-state index in [4.69, 9.17) is 25.2 Å². The third kappa shape index (κ3) is 7.17. The molecule has 2 amide bonds. The number of nitrogens with zero attached hydrogens (tertiary/aromatic N) is 4. The van der Waals surface area contributed by atoms with E-state index in [0.29, 0.717) is 31.3 Å². The lowest BCUT2D eigenvalue weighted by atomic mass is 10.0. The third-order valence-electron chi connectivity index (χ3n) is 6.95. The average molecular weight is 553 g/mol. The van der Waals surface area contributed by atoms with Crippen LogP contribution in [0.5, 0.6) is 5.75 Å². The second-order valence-electron chi connectivity index (χ2n) is 9.66. The van der Waals surface area contributed by atoms with Gasteiger partial charge in [0.15, 0.2) is 17.4 Å². The average Bonchev–Trinajstić information content (AvgIpc) is 2.95. The molecule has 3 N–H and O–H groups in total. The van der Waals surface area contributed by atoms with Crippen molar-refractivity contribution in [3.63, 3.8) is 0 Å². The molecule has 2 aliphatic rings. The van der Waals surface area contributed by atoms with Crippen LogP contribution in [0.2, 0.25) is 0 Å². The number of piperidine rings is 1. The van der Waals surface area contributed by atoms with Crippen LogP contribution in [0.15, 0.2) is 48.5 Å². The van der Waals surface area contributed by atoms with Crippen LogP contribution < -0.4 is 20.7 Å². The number of hydrogen-bond acceptors (Lipinski definition) is 7. The summed E-state index contributed by atoms with van der Waals surface area (Å²) >= 11 is 0. The minimum absolute atomic E-state index is 0. The van der Waals surface area contributed by atoms with Crippen LogP contribution in [-0.2, 0) is 11.3 Å². The van der Waals surface area contributed by atoms with Gasteiger partial charge in [-0.2, -0.15) is 0 Å². The summed E-state index contributed by atoms with van der Waals surface area (Å²) in [6, 6.07) is 15.2. The molecule has 0 spiro atoms. The summed E-state index contributed by atoms with van der Waals surface area (Å²) in [4.78, 5) is 26.1. The quantitative estimate of drug-likeness (QED) is 0.407. The van der Waals surface area contributed by atoms with Crippen molar-refractivity contribution in [2.45, 2.75) is 32.7 Å². The molecule has 0 saturated carbocycles. The van der Waals surface area contributed by atoms with Crippen LogP contribution in [0.3, 0.4) is 0 Å². The number of carbonyl (C=O) groups excluding carboxylic acids is 1. The number of primary amides is 1. The predicted octanol–water partition coefficient (Wildman–Crippen LogP) is 4.94. The Kier molecular flexibility index (Phi) is 9.97. The van der Waals surface area contributed by atoms with Gasteiger partial charge < -0.3 is 25.4 Å². The molecular weight excluding hydrogens is 516 g/mol. The summed E-state index contributed by atoms with van der Waals surface area (Å²) in [6.07, 6.45) is 3.72.